The number of nitrogens with one attached hydrogen (secondary N) is 1. The predicted octanol–water partition coefficient (Wildman–Crippen LogP) is 2.13. The molecular weight excluding hydrogens is 238 g/mol. The lowest BCUT2D eigenvalue weighted by atomic mass is 9.87. The minimum atomic E-state index is -3.60. The van der Waals surface area contributed by atoms with E-state index in [0.29, 0.717) is 5.56 Å². The Balaban J connectivity index is 3.35. The van der Waals surface area contributed by atoms with Crippen LogP contribution >= 0.6 is 0 Å². The molecule has 0 heterocycles. The zero-order valence-corrected chi connectivity index (χ0v) is 11.7. The molecule has 0 aliphatic rings. The van der Waals surface area contributed by atoms with E-state index in [0.717, 1.165) is 5.56 Å². The van der Waals surface area contributed by atoms with Crippen LogP contribution in [0.2, 0.25) is 0 Å². The first kappa shape index (κ1) is 14.2. The van der Waals surface area contributed by atoms with Gasteiger partial charge in [-0.25, -0.2) is 8.42 Å². The maximum absolute atomic E-state index is 11.9. The summed E-state index contributed by atoms with van der Waals surface area (Å²) >= 11 is 0. The lowest BCUT2D eigenvalue weighted by molar-refractivity contribution is 0.153. The van der Waals surface area contributed by atoms with Gasteiger partial charge in [-0.1, -0.05) is 37.8 Å². The van der Waals surface area contributed by atoms with Crippen molar-refractivity contribution in [3.8, 4) is 0 Å². The van der Waals surface area contributed by atoms with Crippen LogP contribution in [0.25, 0.3) is 0 Å². The highest BCUT2D eigenvalue weighted by Gasteiger charge is 2.21. The van der Waals surface area contributed by atoms with Crippen LogP contribution in [0.4, 0.5) is 0 Å². The van der Waals surface area contributed by atoms with Gasteiger partial charge in [0.2, 0.25) is 0 Å². The van der Waals surface area contributed by atoms with Crippen LogP contribution in [0, 0.1) is 6.92 Å². The molecule has 5 heteroatoms. The second-order valence-electron chi connectivity index (χ2n) is 5.02. The second kappa shape index (κ2) is 4.76. The van der Waals surface area contributed by atoms with E-state index in [1.165, 1.54) is 7.11 Å². The van der Waals surface area contributed by atoms with Gasteiger partial charge in [-0.15, -0.1) is 0 Å². The van der Waals surface area contributed by atoms with E-state index in [9.17, 15) is 8.42 Å². The van der Waals surface area contributed by atoms with Gasteiger partial charge in [0.05, 0.1) is 12.0 Å². The Morgan fingerprint density at radius 1 is 1.24 bits per heavy atom. The Labute approximate surface area is 103 Å². The maximum atomic E-state index is 11.9. The van der Waals surface area contributed by atoms with Gasteiger partial charge in [-0.05, 0) is 29.5 Å². The summed E-state index contributed by atoms with van der Waals surface area (Å²) in [4.78, 5) is 6.79. The Hall–Kier alpha value is -0.910. The summed E-state index contributed by atoms with van der Waals surface area (Å²) in [7, 11) is -2.32. The van der Waals surface area contributed by atoms with Crippen LogP contribution in [0.5, 0.6) is 0 Å². The van der Waals surface area contributed by atoms with E-state index in [-0.39, 0.29) is 10.3 Å². The Bertz CT molecular complexity index is 501. The van der Waals surface area contributed by atoms with E-state index >= 15 is 0 Å². The summed E-state index contributed by atoms with van der Waals surface area (Å²) in [6.45, 7) is 7.88. The summed E-state index contributed by atoms with van der Waals surface area (Å²) in [5.74, 6) is 0. The van der Waals surface area contributed by atoms with Crippen molar-refractivity contribution in [3.05, 3.63) is 29.3 Å². The second-order valence-corrected chi connectivity index (χ2v) is 6.63. The van der Waals surface area contributed by atoms with Crippen molar-refractivity contribution < 1.29 is 13.3 Å². The van der Waals surface area contributed by atoms with Gasteiger partial charge in [-0.2, -0.15) is 0 Å². The molecule has 1 N–H and O–H groups in total. The SMILES string of the molecule is CONS(=O)(=O)c1cc(C(C)(C)C)ccc1C. The molecule has 1 rings (SSSR count). The summed E-state index contributed by atoms with van der Waals surface area (Å²) < 4.78 is 23.8. The lowest BCUT2D eigenvalue weighted by Crippen LogP contribution is -2.24. The molecule has 0 aliphatic heterocycles. The zero-order valence-electron chi connectivity index (χ0n) is 10.9. The molecule has 0 aliphatic carbocycles. The molecular formula is C12H19NO3S. The van der Waals surface area contributed by atoms with Crippen LogP contribution < -0.4 is 4.89 Å². The molecule has 0 saturated carbocycles. The van der Waals surface area contributed by atoms with Gasteiger partial charge in [0.25, 0.3) is 10.0 Å². The predicted molar refractivity (Wildman–Crippen MR) is 67.2 cm³/mol. The van der Waals surface area contributed by atoms with Gasteiger partial charge in [0.1, 0.15) is 0 Å². The van der Waals surface area contributed by atoms with E-state index in [2.05, 4.69) is 4.84 Å². The molecule has 0 atom stereocenters. The van der Waals surface area contributed by atoms with Crippen molar-refractivity contribution in [1.82, 2.24) is 4.89 Å². The number of hydrogen-bond donors (Lipinski definition) is 1. The van der Waals surface area contributed by atoms with Crippen LogP contribution in [-0.2, 0) is 20.3 Å². The Kier molecular flexibility index (Phi) is 3.96. The molecule has 0 saturated heterocycles. The van der Waals surface area contributed by atoms with Gasteiger partial charge in [-0.3, -0.25) is 4.84 Å². The quantitative estimate of drug-likeness (QED) is 0.844. The highest BCUT2D eigenvalue weighted by Crippen LogP contribution is 2.26. The monoisotopic (exact) mass is 257 g/mol. The third kappa shape index (κ3) is 3.28. The van der Waals surface area contributed by atoms with E-state index < -0.39 is 10.0 Å². The van der Waals surface area contributed by atoms with Crippen molar-refractivity contribution in [2.24, 2.45) is 0 Å². The van der Waals surface area contributed by atoms with Gasteiger partial charge in [0.15, 0.2) is 0 Å². The van der Waals surface area contributed by atoms with E-state index in [1.54, 1.807) is 13.0 Å². The molecule has 0 spiro atoms. The number of benzene rings is 1. The Morgan fingerprint density at radius 3 is 2.29 bits per heavy atom. The standard InChI is InChI=1S/C12H19NO3S/c1-9-6-7-10(12(2,3)4)8-11(9)17(14,15)13-16-5/h6-8,13H,1-5H3. The van der Waals surface area contributed by atoms with Crippen molar-refractivity contribution in [1.29, 1.82) is 0 Å². The largest absolute Gasteiger partial charge is 0.290 e. The molecule has 0 amide bonds. The molecule has 4 nitrogen and oxygen atoms in total. The minimum Gasteiger partial charge on any atom is -0.290 e. The van der Waals surface area contributed by atoms with Crippen molar-refractivity contribution in [2.75, 3.05) is 7.11 Å². The van der Waals surface area contributed by atoms with E-state index in [1.807, 2.05) is 37.8 Å². The summed E-state index contributed by atoms with van der Waals surface area (Å²) in [6, 6.07) is 5.45. The molecule has 1 aromatic rings. The van der Waals surface area contributed by atoms with Crippen molar-refractivity contribution in [2.45, 2.75) is 38.0 Å². The van der Waals surface area contributed by atoms with Crippen LogP contribution in [0.15, 0.2) is 23.1 Å². The summed E-state index contributed by atoms with van der Waals surface area (Å²) in [5, 5.41) is 0. The smallest absolute Gasteiger partial charge is 0.262 e. The maximum Gasteiger partial charge on any atom is 0.262 e. The van der Waals surface area contributed by atoms with Crippen molar-refractivity contribution in [3.63, 3.8) is 0 Å². The number of hydrogen-bond acceptors (Lipinski definition) is 3. The molecule has 0 unspecified atom stereocenters. The summed E-state index contributed by atoms with van der Waals surface area (Å²) in [5.41, 5.74) is 1.58. The fourth-order valence-corrected chi connectivity index (χ4v) is 2.59. The Morgan fingerprint density at radius 2 is 1.82 bits per heavy atom. The first-order valence-electron chi connectivity index (χ1n) is 5.34. The third-order valence-electron chi connectivity index (χ3n) is 2.54. The minimum absolute atomic E-state index is 0.0922. The topological polar surface area (TPSA) is 55.4 Å². The van der Waals surface area contributed by atoms with Gasteiger partial charge < -0.3 is 0 Å². The fourth-order valence-electron chi connectivity index (χ4n) is 1.51. The molecule has 0 radical (unpaired) electrons. The molecule has 96 valence electrons. The van der Waals surface area contributed by atoms with E-state index in [4.69, 9.17) is 0 Å². The van der Waals surface area contributed by atoms with Crippen LogP contribution in [0.1, 0.15) is 31.9 Å². The first-order chi connectivity index (χ1) is 7.68. The number of rotatable bonds is 3. The highest BCUT2D eigenvalue weighted by atomic mass is 32.2. The lowest BCUT2D eigenvalue weighted by Gasteiger charge is -2.20. The molecule has 1 aromatic carbocycles. The number of aryl methyl sites for hydroxylation is 1. The van der Waals surface area contributed by atoms with Crippen molar-refractivity contribution >= 4 is 10.0 Å². The third-order valence-corrected chi connectivity index (χ3v) is 3.94. The number of sulfonamides is 1. The van der Waals surface area contributed by atoms with Gasteiger partial charge >= 0.3 is 0 Å². The average molecular weight is 257 g/mol. The molecule has 0 aromatic heterocycles. The molecule has 0 fully saturated rings. The van der Waals surface area contributed by atoms with Gasteiger partial charge in [0, 0.05) is 0 Å². The van der Waals surface area contributed by atoms with Crippen LogP contribution in [-0.4, -0.2) is 15.5 Å². The average Bonchev–Trinajstić information content (AvgIpc) is 2.15. The molecule has 0 bridgehead atoms. The zero-order chi connectivity index (χ0) is 13.3. The molecule has 17 heavy (non-hydrogen) atoms. The first-order valence-corrected chi connectivity index (χ1v) is 6.83. The fraction of sp³-hybridized carbons (Fsp3) is 0.500. The highest BCUT2D eigenvalue weighted by molar-refractivity contribution is 7.89. The normalized spacial score (nSPS) is 12.8. The van der Waals surface area contributed by atoms with Crippen LogP contribution in [0.3, 0.4) is 0 Å². The summed E-state index contributed by atoms with van der Waals surface area (Å²) in [6.07, 6.45) is 0.